The van der Waals surface area contributed by atoms with Gasteiger partial charge in [0.05, 0.1) is 0 Å². The highest BCUT2D eigenvalue weighted by Crippen LogP contribution is 2.34. The molecule has 0 radical (unpaired) electrons. The van der Waals surface area contributed by atoms with Crippen LogP contribution in [0.5, 0.6) is 0 Å². The Balaban J connectivity index is 2.67. The number of alkyl halides is 3. The first-order valence-corrected chi connectivity index (χ1v) is 2.95. The minimum atomic E-state index is -4.49. The van der Waals surface area contributed by atoms with E-state index >= 15 is 0 Å². The molecule has 0 unspecified atom stereocenters. The SMILES string of the molecule is O[C@]1(C(F)(F)F)CCNC1. The van der Waals surface area contributed by atoms with E-state index in [9.17, 15) is 13.2 Å². The number of halogens is 3. The first-order valence-electron chi connectivity index (χ1n) is 2.95. The average Bonchev–Trinajstić information content (AvgIpc) is 2.13. The van der Waals surface area contributed by atoms with Crippen molar-refractivity contribution >= 4 is 0 Å². The lowest BCUT2D eigenvalue weighted by molar-refractivity contribution is -0.251. The van der Waals surface area contributed by atoms with Crippen molar-refractivity contribution in [1.29, 1.82) is 0 Å². The Morgan fingerprint density at radius 3 is 2.20 bits per heavy atom. The molecule has 0 bridgehead atoms. The van der Waals surface area contributed by atoms with Crippen LogP contribution in [-0.4, -0.2) is 30.0 Å². The molecular weight excluding hydrogens is 147 g/mol. The quantitative estimate of drug-likeness (QED) is 0.526. The van der Waals surface area contributed by atoms with Gasteiger partial charge in [0.2, 0.25) is 0 Å². The number of aliphatic hydroxyl groups is 1. The highest BCUT2D eigenvalue weighted by Gasteiger charge is 2.54. The molecule has 0 aromatic rings. The van der Waals surface area contributed by atoms with Crippen molar-refractivity contribution in [2.45, 2.75) is 18.2 Å². The van der Waals surface area contributed by atoms with Gasteiger partial charge in [-0.25, -0.2) is 0 Å². The van der Waals surface area contributed by atoms with Gasteiger partial charge in [0.25, 0.3) is 0 Å². The molecule has 1 rings (SSSR count). The van der Waals surface area contributed by atoms with E-state index in [-0.39, 0.29) is 19.5 Å². The topological polar surface area (TPSA) is 32.3 Å². The molecule has 2 N–H and O–H groups in total. The highest BCUT2D eigenvalue weighted by atomic mass is 19.4. The first kappa shape index (κ1) is 7.81. The van der Waals surface area contributed by atoms with E-state index in [1.807, 2.05) is 0 Å². The average molecular weight is 155 g/mol. The summed E-state index contributed by atoms with van der Waals surface area (Å²) in [6.45, 7) is -0.146. The van der Waals surface area contributed by atoms with E-state index in [4.69, 9.17) is 5.11 Å². The van der Waals surface area contributed by atoms with Gasteiger partial charge in [-0.05, 0) is 13.0 Å². The van der Waals surface area contributed by atoms with Crippen molar-refractivity contribution in [3.8, 4) is 0 Å². The highest BCUT2D eigenvalue weighted by molar-refractivity contribution is 4.93. The van der Waals surface area contributed by atoms with Gasteiger partial charge in [0.1, 0.15) is 0 Å². The molecule has 1 atom stereocenters. The second kappa shape index (κ2) is 2.10. The number of hydrogen-bond donors (Lipinski definition) is 2. The van der Waals surface area contributed by atoms with Gasteiger partial charge < -0.3 is 10.4 Å². The van der Waals surface area contributed by atoms with Crippen LogP contribution < -0.4 is 5.32 Å². The molecule has 0 amide bonds. The summed E-state index contributed by atoms with van der Waals surface area (Å²) in [5, 5.41) is 11.3. The number of hydrogen-bond acceptors (Lipinski definition) is 2. The summed E-state index contributed by atoms with van der Waals surface area (Å²) in [6.07, 6.45) is -4.73. The van der Waals surface area contributed by atoms with Crippen molar-refractivity contribution in [1.82, 2.24) is 5.32 Å². The Morgan fingerprint density at radius 2 is 2.00 bits per heavy atom. The largest absolute Gasteiger partial charge is 0.418 e. The van der Waals surface area contributed by atoms with E-state index in [1.54, 1.807) is 0 Å². The summed E-state index contributed by atoms with van der Waals surface area (Å²) in [4.78, 5) is 0. The van der Waals surface area contributed by atoms with Crippen molar-refractivity contribution in [2.75, 3.05) is 13.1 Å². The smallest absolute Gasteiger partial charge is 0.379 e. The van der Waals surface area contributed by atoms with Crippen molar-refractivity contribution in [3.63, 3.8) is 0 Å². The molecule has 1 aliphatic rings. The van der Waals surface area contributed by atoms with Crippen LogP contribution in [0.3, 0.4) is 0 Å². The number of nitrogens with one attached hydrogen (secondary N) is 1. The summed E-state index contributed by atoms with van der Waals surface area (Å²) >= 11 is 0. The molecule has 1 aliphatic heterocycles. The fourth-order valence-corrected chi connectivity index (χ4v) is 0.921. The molecule has 0 spiro atoms. The lowest BCUT2D eigenvalue weighted by atomic mass is 10.0. The minimum absolute atomic E-state index is 0.232. The Morgan fingerprint density at radius 1 is 1.40 bits per heavy atom. The van der Waals surface area contributed by atoms with Gasteiger partial charge in [0, 0.05) is 6.54 Å². The van der Waals surface area contributed by atoms with Crippen LogP contribution in [0.2, 0.25) is 0 Å². The van der Waals surface area contributed by atoms with Gasteiger partial charge in [-0.2, -0.15) is 13.2 Å². The summed E-state index contributed by atoms with van der Waals surface area (Å²) in [5.41, 5.74) is -2.48. The predicted octanol–water partition coefficient (Wildman–Crippen LogP) is 0.273. The fourth-order valence-electron chi connectivity index (χ4n) is 0.921. The zero-order chi connectivity index (χ0) is 7.83. The molecule has 0 aromatic carbocycles. The molecule has 10 heavy (non-hydrogen) atoms. The second-order valence-electron chi connectivity index (χ2n) is 2.46. The van der Waals surface area contributed by atoms with Crippen molar-refractivity contribution in [2.24, 2.45) is 0 Å². The van der Waals surface area contributed by atoms with Crippen LogP contribution >= 0.6 is 0 Å². The van der Waals surface area contributed by atoms with Gasteiger partial charge in [-0.1, -0.05) is 0 Å². The van der Waals surface area contributed by atoms with Crippen LogP contribution in [0.15, 0.2) is 0 Å². The lowest BCUT2D eigenvalue weighted by Crippen LogP contribution is -2.46. The van der Waals surface area contributed by atoms with Gasteiger partial charge in [-0.15, -0.1) is 0 Å². The lowest BCUT2D eigenvalue weighted by Gasteiger charge is -2.23. The van der Waals surface area contributed by atoms with Gasteiger partial charge >= 0.3 is 6.18 Å². The molecule has 2 nitrogen and oxygen atoms in total. The molecular formula is C5H8F3NO. The van der Waals surface area contributed by atoms with E-state index in [2.05, 4.69) is 5.32 Å². The normalized spacial score (nSPS) is 34.8. The van der Waals surface area contributed by atoms with Gasteiger partial charge in [-0.3, -0.25) is 0 Å². The van der Waals surface area contributed by atoms with E-state index < -0.39 is 11.8 Å². The zero-order valence-electron chi connectivity index (χ0n) is 5.20. The zero-order valence-corrected chi connectivity index (χ0v) is 5.20. The van der Waals surface area contributed by atoms with Crippen molar-refractivity contribution in [3.05, 3.63) is 0 Å². The summed E-state index contributed by atoms with van der Waals surface area (Å²) < 4.78 is 35.6. The van der Waals surface area contributed by atoms with E-state index in [0.717, 1.165) is 0 Å². The number of rotatable bonds is 0. The molecule has 0 aromatic heterocycles. The standard InChI is InChI=1S/C5H8F3NO/c6-5(7,8)4(10)1-2-9-3-4/h9-10H,1-3H2/t4-/m1/s1. The number of β-amino-alcohol motifs (C(OH)–C–C–N with tert-alkyl or cyclic N) is 1. The molecule has 1 saturated heterocycles. The Kier molecular flexibility index (Phi) is 1.64. The third kappa shape index (κ3) is 1.11. The predicted molar refractivity (Wildman–Crippen MR) is 28.5 cm³/mol. The van der Waals surface area contributed by atoms with Gasteiger partial charge in [0.15, 0.2) is 5.60 Å². The third-order valence-electron chi connectivity index (χ3n) is 1.66. The van der Waals surface area contributed by atoms with Crippen LogP contribution in [0.1, 0.15) is 6.42 Å². The first-order chi connectivity index (χ1) is 4.46. The van der Waals surface area contributed by atoms with Crippen LogP contribution in [0, 0.1) is 0 Å². The Hall–Kier alpha value is -0.290. The molecule has 1 fully saturated rings. The fraction of sp³-hybridized carbons (Fsp3) is 1.00. The second-order valence-corrected chi connectivity index (χ2v) is 2.46. The Labute approximate surface area is 56.0 Å². The summed E-state index contributed by atoms with van der Waals surface area (Å²) in [5.74, 6) is 0. The van der Waals surface area contributed by atoms with E-state index in [0.29, 0.717) is 0 Å². The molecule has 0 aliphatic carbocycles. The summed E-state index contributed by atoms with van der Waals surface area (Å²) in [6, 6.07) is 0. The van der Waals surface area contributed by atoms with Crippen LogP contribution in [0.4, 0.5) is 13.2 Å². The maximum atomic E-state index is 11.9. The molecule has 5 heteroatoms. The third-order valence-corrected chi connectivity index (χ3v) is 1.66. The van der Waals surface area contributed by atoms with Crippen molar-refractivity contribution < 1.29 is 18.3 Å². The molecule has 60 valence electrons. The van der Waals surface area contributed by atoms with Crippen LogP contribution in [-0.2, 0) is 0 Å². The maximum Gasteiger partial charge on any atom is 0.418 e. The summed E-state index contributed by atoms with van der Waals surface area (Å²) in [7, 11) is 0. The van der Waals surface area contributed by atoms with E-state index in [1.165, 1.54) is 0 Å². The minimum Gasteiger partial charge on any atom is -0.379 e. The monoisotopic (exact) mass is 155 g/mol. The molecule has 0 saturated carbocycles. The van der Waals surface area contributed by atoms with Crippen LogP contribution in [0.25, 0.3) is 0 Å². The molecule has 1 heterocycles. The Bertz CT molecular complexity index is 127. The maximum absolute atomic E-state index is 11.9.